The molecule has 0 aromatic heterocycles. The van der Waals surface area contributed by atoms with Gasteiger partial charge in [-0.3, -0.25) is 4.79 Å². The normalized spacial score (nSPS) is 21.2. The largest absolute Gasteiger partial charge is 0.378 e. The fourth-order valence-electron chi connectivity index (χ4n) is 1.62. The number of rotatable bonds is 6. The van der Waals surface area contributed by atoms with Crippen LogP contribution in [0.3, 0.4) is 0 Å². The Hall–Kier alpha value is -0.320. The third-order valence-electron chi connectivity index (χ3n) is 2.77. The minimum Gasteiger partial charge on any atom is -0.378 e. The van der Waals surface area contributed by atoms with Gasteiger partial charge in [0.05, 0.1) is 6.10 Å². The molecule has 0 saturated carbocycles. The molecule has 16 heavy (non-hydrogen) atoms. The first-order chi connectivity index (χ1) is 7.22. The number of hydrogen-bond acceptors (Lipinski definition) is 3. The van der Waals surface area contributed by atoms with E-state index in [0.29, 0.717) is 31.5 Å². The molecule has 0 aliphatic carbocycles. The van der Waals surface area contributed by atoms with Crippen LogP contribution in [-0.4, -0.2) is 31.7 Å². The maximum Gasteiger partial charge on any atom is 0.220 e. The van der Waals surface area contributed by atoms with Crippen molar-refractivity contribution in [1.29, 1.82) is 0 Å². The molecule has 2 atom stereocenters. The molecule has 0 spiro atoms. The summed E-state index contributed by atoms with van der Waals surface area (Å²) in [5.41, 5.74) is 5.46. The van der Waals surface area contributed by atoms with E-state index >= 15 is 0 Å². The van der Waals surface area contributed by atoms with Crippen molar-refractivity contribution in [1.82, 2.24) is 5.32 Å². The van der Waals surface area contributed by atoms with Crippen molar-refractivity contribution in [3.05, 3.63) is 0 Å². The molecule has 5 heteroatoms. The van der Waals surface area contributed by atoms with Gasteiger partial charge >= 0.3 is 0 Å². The SMILES string of the molecule is CC(CN)CNC(=O)CCC1CCCO1.Cl. The zero-order chi connectivity index (χ0) is 11.1. The van der Waals surface area contributed by atoms with E-state index in [9.17, 15) is 4.79 Å². The summed E-state index contributed by atoms with van der Waals surface area (Å²) in [5, 5.41) is 2.88. The molecule has 3 N–H and O–H groups in total. The van der Waals surface area contributed by atoms with Gasteiger partial charge < -0.3 is 15.8 Å². The predicted molar refractivity (Wildman–Crippen MR) is 66.7 cm³/mol. The number of halogens is 1. The fraction of sp³-hybridized carbons (Fsp3) is 0.909. The molecule has 1 fully saturated rings. The van der Waals surface area contributed by atoms with Crippen LogP contribution in [0, 0.1) is 5.92 Å². The van der Waals surface area contributed by atoms with Crippen molar-refractivity contribution in [2.24, 2.45) is 11.7 Å². The Balaban J connectivity index is 0.00000225. The number of nitrogens with two attached hydrogens (primary N) is 1. The average Bonchev–Trinajstić information content (AvgIpc) is 2.75. The molecule has 0 aromatic carbocycles. The standard InChI is InChI=1S/C11H22N2O2.ClH/c1-9(7-12)8-13-11(14)5-4-10-3-2-6-15-10;/h9-10H,2-8,12H2,1H3,(H,13,14);1H. The smallest absolute Gasteiger partial charge is 0.220 e. The Kier molecular flexibility index (Phi) is 8.61. The maximum atomic E-state index is 11.4. The van der Waals surface area contributed by atoms with Crippen LogP contribution >= 0.6 is 12.4 Å². The van der Waals surface area contributed by atoms with Crippen molar-refractivity contribution in [2.75, 3.05) is 19.7 Å². The summed E-state index contributed by atoms with van der Waals surface area (Å²) in [6, 6.07) is 0. The molecule has 0 radical (unpaired) electrons. The van der Waals surface area contributed by atoms with E-state index in [0.717, 1.165) is 25.9 Å². The minimum atomic E-state index is 0. The molecule has 2 unspecified atom stereocenters. The Bertz CT molecular complexity index is 196. The van der Waals surface area contributed by atoms with Gasteiger partial charge in [0.15, 0.2) is 0 Å². The zero-order valence-corrected chi connectivity index (χ0v) is 10.7. The third-order valence-corrected chi connectivity index (χ3v) is 2.77. The molecule has 0 aromatic rings. The van der Waals surface area contributed by atoms with E-state index in [1.807, 2.05) is 6.92 Å². The number of amides is 1. The Morgan fingerprint density at radius 1 is 1.62 bits per heavy atom. The van der Waals surface area contributed by atoms with Crippen LogP contribution in [-0.2, 0) is 9.53 Å². The van der Waals surface area contributed by atoms with Gasteiger partial charge in [-0.05, 0) is 31.7 Å². The molecule has 1 amide bonds. The Morgan fingerprint density at radius 3 is 2.94 bits per heavy atom. The van der Waals surface area contributed by atoms with Gasteiger partial charge in [0.25, 0.3) is 0 Å². The number of hydrogen-bond donors (Lipinski definition) is 2. The first-order valence-corrected chi connectivity index (χ1v) is 5.80. The molecule has 1 heterocycles. The maximum absolute atomic E-state index is 11.4. The molecule has 96 valence electrons. The fourth-order valence-corrected chi connectivity index (χ4v) is 1.62. The summed E-state index contributed by atoms with van der Waals surface area (Å²) in [6.45, 7) is 4.18. The van der Waals surface area contributed by atoms with Crippen LogP contribution in [0.2, 0.25) is 0 Å². The lowest BCUT2D eigenvalue weighted by atomic mass is 10.1. The lowest BCUT2D eigenvalue weighted by molar-refractivity contribution is -0.121. The van der Waals surface area contributed by atoms with E-state index < -0.39 is 0 Å². The van der Waals surface area contributed by atoms with Crippen molar-refractivity contribution in [2.45, 2.75) is 38.7 Å². The molecule has 1 aliphatic heterocycles. The summed E-state index contributed by atoms with van der Waals surface area (Å²) in [4.78, 5) is 11.4. The summed E-state index contributed by atoms with van der Waals surface area (Å²) in [5.74, 6) is 0.475. The highest BCUT2D eigenvalue weighted by molar-refractivity contribution is 5.85. The predicted octanol–water partition coefficient (Wildman–Crippen LogP) is 1.08. The number of carbonyl (C=O) groups is 1. The number of carbonyl (C=O) groups excluding carboxylic acids is 1. The minimum absolute atomic E-state index is 0. The Morgan fingerprint density at radius 2 is 2.38 bits per heavy atom. The van der Waals surface area contributed by atoms with Crippen LogP contribution in [0.5, 0.6) is 0 Å². The molecular formula is C11H23ClN2O2. The highest BCUT2D eigenvalue weighted by atomic mass is 35.5. The van der Waals surface area contributed by atoms with Gasteiger partial charge in [-0.25, -0.2) is 0 Å². The van der Waals surface area contributed by atoms with Gasteiger partial charge in [0.1, 0.15) is 0 Å². The van der Waals surface area contributed by atoms with Crippen molar-refractivity contribution in [3.8, 4) is 0 Å². The van der Waals surface area contributed by atoms with Gasteiger partial charge in [-0.2, -0.15) is 0 Å². The Labute approximate surface area is 104 Å². The highest BCUT2D eigenvalue weighted by Crippen LogP contribution is 2.16. The zero-order valence-electron chi connectivity index (χ0n) is 9.91. The van der Waals surface area contributed by atoms with Gasteiger partial charge in [0.2, 0.25) is 5.91 Å². The number of ether oxygens (including phenoxy) is 1. The lowest BCUT2D eigenvalue weighted by Gasteiger charge is -2.11. The highest BCUT2D eigenvalue weighted by Gasteiger charge is 2.16. The van der Waals surface area contributed by atoms with E-state index in [1.165, 1.54) is 0 Å². The van der Waals surface area contributed by atoms with Crippen LogP contribution in [0.15, 0.2) is 0 Å². The van der Waals surface area contributed by atoms with Crippen LogP contribution in [0.25, 0.3) is 0 Å². The summed E-state index contributed by atoms with van der Waals surface area (Å²) in [7, 11) is 0. The van der Waals surface area contributed by atoms with E-state index in [2.05, 4.69) is 5.32 Å². The van der Waals surface area contributed by atoms with Gasteiger partial charge in [-0.1, -0.05) is 6.92 Å². The average molecular weight is 251 g/mol. The first kappa shape index (κ1) is 15.7. The lowest BCUT2D eigenvalue weighted by Crippen LogP contribution is -2.31. The quantitative estimate of drug-likeness (QED) is 0.742. The van der Waals surface area contributed by atoms with Crippen LogP contribution in [0.1, 0.15) is 32.6 Å². The molecule has 4 nitrogen and oxygen atoms in total. The molecule has 1 aliphatic rings. The number of nitrogens with one attached hydrogen (secondary N) is 1. The monoisotopic (exact) mass is 250 g/mol. The van der Waals surface area contributed by atoms with Crippen LogP contribution < -0.4 is 11.1 Å². The first-order valence-electron chi connectivity index (χ1n) is 5.80. The molecule has 0 bridgehead atoms. The molecule has 1 saturated heterocycles. The van der Waals surface area contributed by atoms with Crippen LogP contribution in [0.4, 0.5) is 0 Å². The van der Waals surface area contributed by atoms with Gasteiger partial charge in [-0.15, -0.1) is 12.4 Å². The summed E-state index contributed by atoms with van der Waals surface area (Å²) in [6.07, 6.45) is 3.97. The second-order valence-electron chi connectivity index (χ2n) is 4.32. The van der Waals surface area contributed by atoms with E-state index in [-0.39, 0.29) is 18.3 Å². The molecular weight excluding hydrogens is 228 g/mol. The van der Waals surface area contributed by atoms with E-state index in [4.69, 9.17) is 10.5 Å². The second-order valence-corrected chi connectivity index (χ2v) is 4.32. The second kappa shape index (κ2) is 8.79. The van der Waals surface area contributed by atoms with Crippen molar-refractivity contribution >= 4 is 18.3 Å². The summed E-state index contributed by atoms with van der Waals surface area (Å²) >= 11 is 0. The van der Waals surface area contributed by atoms with E-state index in [1.54, 1.807) is 0 Å². The topological polar surface area (TPSA) is 64.3 Å². The summed E-state index contributed by atoms with van der Waals surface area (Å²) < 4.78 is 5.45. The van der Waals surface area contributed by atoms with Crippen molar-refractivity contribution < 1.29 is 9.53 Å². The van der Waals surface area contributed by atoms with Gasteiger partial charge in [0, 0.05) is 19.6 Å². The molecule has 1 rings (SSSR count). The third kappa shape index (κ3) is 6.30. The van der Waals surface area contributed by atoms with Crippen molar-refractivity contribution in [3.63, 3.8) is 0 Å².